The molecule has 0 heterocycles. The fraction of sp³-hybridized carbons (Fsp3) is 0.714. The van der Waals surface area contributed by atoms with Gasteiger partial charge in [-0.2, -0.15) is 0 Å². The van der Waals surface area contributed by atoms with E-state index in [4.69, 9.17) is 14.2 Å². The molecule has 0 aromatic heterocycles. The maximum Gasteiger partial charge on any atom is 0.309 e. The largest absolute Gasteiger partial charge is 0.461 e. The number of hydrogen-bond acceptors (Lipinski definition) is 5. The molecule has 0 rings (SSSR count). The molecule has 310 valence electrons. The Kier molecular flexibility index (Phi) is 42.5. The Balaban J connectivity index is 4.37. The number of carbonyl (C=O) groups is 2. The zero-order valence-corrected chi connectivity index (χ0v) is 35.5. The van der Waals surface area contributed by atoms with E-state index >= 15 is 0 Å². The van der Waals surface area contributed by atoms with E-state index in [1.54, 1.807) is 0 Å². The zero-order valence-electron chi connectivity index (χ0n) is 35.5. The Labute approximate surface area is 334 Å². The van der Waals surface area contributed by atoms with Crippen LogP contribution in [0, 0.1) is 0 Å². The first-order valence-corrected chi connectivity index (χ1v) is 22.5. The van der Waals surface area contributed by atoms with Gasteiger partial charge in [0.15, 0.2) is 6.10 Å². The van der Waals surface area contributed by atoms with Gasteiger partial charge in [-0.3, -0.25) is 9.59 Å². The Morgan fingerprint density at radius 1 is 0.444 bits per heavy atom. The van der Waals surface area contributed by atoms with Crippen molar-refractivity contribution in [3.8, 4) is 0 Å². The molecule has 0 aliphatic heterocycles. The summed E-state index contributed by atoms with van der Waals surface area (Å²) >= 11 is 0. The number of ether oxygens (including phenoxy) is 3. The number of carbonyl (C=O) groups excluding carboxylic acids is 2. The third-order valence-electron chi connectivity index (χ3n) is 9.26. The van der Waals surface area contributed by atoms with Crippen molar-refractivity contribution in [3.05, 3.63) is 72.9 Å². The molecule has 54 heavy (non-hydrogen) atoms. The van der Waals surface area contributed by atoms with Crippen LogP contribution in [0.15, 0.2) is 72.9 Å². The molecule has 0 radical (unpaired) electrons. The van der Waals surface area contributed by atoms with Crippen molar-refractivity contribution in [2.24, 2.45) is 0 Å². The summed E-state index contributed by atoms with van der Waals surface area (Å²) in [4.78, 5) is 25.1. The van der Waals surface area contributed by atoms with E-state index in [1.807, 2.05) is 12.2 Å². The van der Waals surface area contributed by atoms with E-state index in [0.29, 0.717) is 13.0 Å². The van der Waals surface area contributed by atoms with Crippen molar-refractivity contribution in [3.63, 3.8) is 0 Å². The second-order valence-electron chi connectivity index (χ2n) is 14.6. The standard InChI is InChI=1S/C49H84O5/c1-4-7-10-13-16-19-21-23-25-26-28-31-33-36-39-42-48(50)53-46-47(54-49(51)43-40-37-34-30-18-15-12-9-6-3)45-52-44-41-38-35-32-29-27-24-22-20-17-14-11-8-5-2/h7,10,16,19-20,22-23,25,28,31,36,39,47H,4-6,8-9,11-15,17-18,21,24,26-27,29-30,32-35,37-38,40-46H2,1-3H3/b10-7-,19-16-,22-20-,25-23-,31-28-,39-36-. The lowest BCUT2D eigenvalue weighted by Crippen LogP contribution is -2.30. The highest BCUT2D eigenvalue weighted by Crippen LogP contribution is 2.13. The van der Waals surface area contributed by atoms with Crippen LogP contribution in [-0.4, -0.2) is 37.9 Å². The molecule has 1 unspecified atom stereocenters. The van der Waals surface area contributed by atoms with E-state index < -0.39 is 6.10 Å². The van der Waals surface area contributed by atoms with E-state index in [9.17, 15) is 9.59 Å². The third kappa shape index (κ3) is 42.1. The maximum absolute atomic E-state index is 12.7. The quantitative estimate of drug-likeness (QED) is 0.0354. The highest BCUT2D eigenvalue weighted by Gasteiger charge is 2.17. The highest BCUT2D eigenvalue weighted by molar-refractivity contribution is 5.71. The van der Waals surface area contributed by atoms with Crippen molar-refractivity contribution >= 4 is 11.9 Å². The van der Waals surface area contributed by atoms with Crippen molar-refractivity contribution < 1.29 is 23.8 Å². The molecular weight excluding hydrogens is 669 g/mol. The fourth-order valence-electron chi connectivity index (χ4n) is 5.93. The molecule has 0 bridgehead atoms. The third-order valence-corrected chi connectivity index (χ3v) is 9.26. The Bertz CT molecular complexity index is 988. The summed E-state index contributed by atoms with van der Waals surface area (Å²) < 4.78 is 17.2. The van der Waals surface area contributed by atoms with Crippen molar-refractivity contribution in [2.75, 3.05) is 19.8 Å². The normalized spacial score (nSPS) is 12.9. The lowest BCUT2D eigenvalue weighted by Gasteiger charge is -2.18. The Hall–Kier alpha value is -2.66. The Morgan fingerprint density at radius 3 is 1.43 bits per heavy atom. The summed E-state index contributed by atoms with van der Waals surface area (Å²) in [6.07, 6.45) is 56.4. The van der Waals surface area contributed by atoms with E-state index in [2.05, 4.69) is 81.5 Å². The molecule has 0 aromatic carbocycles. The molecule has 0 N–H and O–H groups in total. The monoisotopic (exact) mass is 753 g/mol. The first kappa shape index (κ1) is 51.3. The molecule has 1 atom stereocenters. The summed E-state index contributed by atoms with van der Waals surface area (Å²) in [5, 5.41) is 0. The minimum Gasteiger partial charge on any atom is -0.461 e. The lowest BCUT2D eigenvalue weighted by molar-refractivity contribution is -0.162. The van der Waals surface area contributed by atoms with Gasteiger partial charge in [0.1, 0.15) is 6.61 Å². The van der Waals surface area contributed by atoms with Gasteiger partial charge in [0.25, 0.3) is 0 Å². The van der Waals surface area contributed by atoms with Crippen LogP contribution in [0.3, 0.4) is 0 Å². The number of unbranched alkanes of at least 4 members (excludes halogenated alkanes) is 18. The number of hydrogen-bond donors (Lipinski definition) is 0. The van der Waals surface area contributed by atoms with Gasteiger partial charge in [0, 0.05) is 13.0 Å². The van der Waals surface area contributed by atoms with Crippen LogP contribution in [0.5, 0.6) is 0 Å². The molecule has 5 heteroatoms. The van der Waals surface area contributed by atoms with Gasteiger partial charge in [-0.1, -0.05) is 190 Å². The van der Waals surface area contributed by atoms with Crippen molar-refractivity contribution in [1.29, 1.82) is 0 Å². The molecule has 0 fully saturated rings. The molecule has 5 nitrogen and oxygen atoms in total. The van der Waals surface area contributed by atoms with Crippen LogP contribution in [0.4, 0.5) is 0 Å². The minimum atomic E-state index is -0.576. The average Bonchev–Trinajstić information content (AvgIpc) is 3.17. The van der Waals surface area contributed by atoms with Crippen LogP contribution in [-0.2, 0) is 23.8 Å². The summed E-state index contributed by atoms with van der Waals surface area (Å²) in [6, 6.07) is 0. The Morgan fingerprint density at radius 2 is 0.889 bits per heavy atom. The van der Waals surface area contributed by atoms with E-state index in [-0.39, 0.29) is 31.6 Å². The minimum absolute atomic E-state index is 0.0280. The number of rotatable bonds is 40. The molecule has 0 aliphatic carbocycles. The topological polar surface area (TPSA) is 61.8 Å². The zero-order chi connectivity index (χ0) is 39.3. The smallest absolute Gasteiger partial charge is 0.309 e. The summed E-state index contributed by atoms with van der Waals surface area (Å²) in [5.74, 6) is -0.550. The SMILES string of the molecule is CC/C=C\C/C=C\C/C=C\C/C=C\C/C=C\CC(=O)OCC(COCCCCCCCC/C=C\CCCCCC)OC(=O)CCCCCCCCCCC. The molecule has 0 aromatic rings. The average molecular weight is 753 g/mol. The molecule has 0 amide bonds. The first-order chi connectivity index (χ1) is 26.6. The lowest BCUT2D eigenvalue weighted by atomic mass is 10.1. The van der Waals surface area contributed by atoms with Gasteiger partial charge >= 0.3 is 11.9 Å². The first-order valence-electron chi connectivity index (χ1n) is 22.5. The summed E-state index contributed by atoms with van der Waals surface area (Å²) in [5.41, 5.74) is 0. The number of esters is 2. The molecule has 0 saturated carbocycles. The van der Waals surface area contributed by atoms with Crippen molar-refractivity contribution in [2.45, 2.75) is 207 Å². The van der Waals surface area contributed by atoms with Gasteiger partial charge in [0.2, 0.25) is 0 Å². The second kappa shape index (κ2) is 44.7. The predicted octanol–water partition coefficient (Wildman–Crippen LogP) is 14.8. The predicted molar refractivity (Wildman–Crippen MR) is 233 cm³/mol. The van der Waals surface area contributed by atoms with Crippen LogP contribution >= 0.6 is 0 Å². The van der Waals surface area contributed by atoms with Crippen LogP contribution in [0.1, 0.15) is 201 Å². The van der Waals surface area contributed by atoms with Gasteiger partial charge in [0.05, 0.1) is 13.0 Å². The van der Waals surface area contributed by atoms with Crippen LogP contribution in [0.2, 0.25) is 0 Å². The van der Waals surface area contributed by atoms with E-state index in [0.717, 1.165) is 64.2 Å². The summed E-state index contributed by atoms with van der Waals surface area (Å²) in [7, 11) is 0. The fourth-order valence-corrected chi connectivity index (χ4v) is 5.93. The molecular formula is C49H84O5. The maximum atomic E-state index is 12.7. The molecule has 0 aliphatic rings. The van der Waals surface area contributed by atoms with Crippen molar-refractivity contribution in [1.82, 2.24) is 0 Å². The molecule has 0 spiro atoms. The molecule has 0 saturated heterocycles. The van der Waals surface area contributed by atoms with Gasteiger partial charge in [-0.15, -0.1) is 0 Å². The van der Waals surface area contributed by atoms with Gasteiger partial charge < -0.3 is 14.2 Å². The van der Waals surface area contributed by atoms with Gasteiger partial charge in [-0.05, 0) is 70.6 Å². The summed E-state index contributed by atoms with van der Waals surface area (Å²) in [6.45, 7) is 7.56. The van der Waals surface area contributed by atoms with Gasteiger partial charge in [-0.25, -0.2) is 0 Å². The van der Waals surface area contributed by atoms with Crippen LogP contribution in [0.25, 0.3) is 0 Å². The van der Waals surface area contributed by atoms with E-state index in [1.165, 1.54) is 103 Å². The second-order valence-corrected chi connectivity index (χ2v) is 14.6. The van der Waals surface area contributed by atoms with Crippen LogP contribution < -0.4 is 0 Å². The number of allylic oxidation sites excluding steroid dienone is 11. The highest BCUT2D eigenvalue weighted by atomic mass is 16.6.